The number of hydrogen-bond donors (Lipinski definition) is 0. The van der Waals surface area contributed by atoms with Crippen LogP contribution in [0.25, 0.3) is 10.1 Å². The third-order valence-electron chi connectivity index (χ3n) is 5.17. The summed E-state index contributed by atoms with van der Waals surface area (Å²) in [7, 11) is 0. The minimum absolute atomic E-state index is 0.111. The summed E-state index contributed by atoms with van der Waals surface area (Å²) in [6.07, 6.45) is -1.74. The van der Waals surface area contributed by atoms with Crippen LogP contribution in [0, 0.1) is 6.92 Å². The lowest BCUT2D eigenvalue weighted by Crippen LogP contribution is -2.14. The van der Waals surface area contributed by atoms with E-state index in [1.807, 2.05) is 32.0 Å². The van der Waals surface area contributed by atoms with Gasteiger partial charge in [0.25, 0.3) is 0 Å². The minimum atomic E-state index is -4.32. The predicted molar refractivity (Wildman–Crippen MR) is 129 cm³/mol. The van der Waals surface area contributed by atoms with E-state index < -0.39 is 17.7 Å². The Labute approximate surface area is 200 Å². The maximum absolute atomic E-state index is 13.1. The number of carbonyl (C=O) groups is 1. The van der Waals surface area contributed by atoms with Gasteiger partial charge in [0.1, 0.15) is 5.75 Å². The molecule has 0 spiro atoms. The fourth-order valence-electron chi connectivity index (χ4n) is 3.60. The van der Waals surface area contributed by atoms with Gasteiger partial charge in [-0.2, -0.15) is 13.2 Å². The molecule has 33 heavy (non-hydrogen) atoms. The number of fused-ring (bicyclic) bond motifs is 1. The molecule has 0 radical (unpaired) electrons. The Morgan fingerprint density at radius 2 is 1.91 bits per heavy atom. The zero-order valence-corrected chi connectivity index (χ0v) is 20.5. The Balaban J connectivity index is 1.57. The van der Waals surface area contributed by atoms with Crippen molar-refractivity contribution in [2.75, 3.05) is 19.0 Å². The first-order valence-electron chi connectivity index (χ1n) is 10.9. The van der Waals surface area contributed by atoms with Crippen molar-refractivity contribution < 1.29 is 27.4 Å². The molecule has 0 fully saturated rings. The summed E-state index contributed by atoms with van der Waals surface area (Å²) < 4.78 is 50.2. The lowest BCUT2D eigenvalue weighted by atomic mass is 10.0. The maximum Gasteiger partial charge on any atom is 0.416 e. The van der Waals surface area contributed by atoms with E-state index in [4.69, 9.17) is 9.47 Å². The van der Waals surface area contributed by atoms with Crippen LogP contribution in [0.4, 0.5) is 13.2 Å². The third kappa shape index (κ3) is 6.67. The van der Waals surface area contributed by atoms with E-state index >= 15 is 0 Å². The summed E-state index contributed by atoms with van der Waals surface area (Å²) in [6.45, 7) is 5.95. The molecule has 3 rings (SSSR count). The van der Waals surface area contributed by atoms with E-state index in [2.05, 4.69) is 0 Å². The van der Waals surface area contributed by atoms with E-state index in [9.17, 15) is 18.0 Å². The lowest BCUT2D eigenvalue weighted by Gasteiger charge is -2.10. The van der Waals surface area contributed by atoms with Crippen molar-refractivity contribution in [3.05, 3.63) is 58.0 Å². The molecule has 0 N–H and O–H groups in total. The van der Waals surface area contributed by atoms with Crippen LogP contribution in [0.1, 0.15) is 41.8 Å². The van der Waals surface area contributed by atoms with Crippen LogP contribution in [-0.2, 0) is 28.5 Å². The van der Waals surface area contributed by atoms with Crippen molar-refractivity contribution >= 4 is 39.2 Å². The number of halogens is 3. The van der Waals surface area contributed by atoms with Gasteiger partial charge in [0.15, 0.2) is 6.61 Å². The van der Waals surface area contributed by atoms with Crippen LogP contribution >= 0.6 is 23.1 Å². The first-order valence-corrected chi connectivity index (χ1v) is 12.7. The second-order valence-corrected chi connectivity index (χ2v) is 9.84. The highest BCUT2D eigenvalue weighted by Gasteiger charge is 2.31. The van der Waals surface area contributed by atoms with Crippen LogP contribution in [0.5, 0.6) is 5.75 Å². The molecule has 3 nitrogen and oxygen atoms in total. The molecule has 8 heteroatoms. The number of carbonyl (C=O) groups excluding carboxylic acids is 1. The lowest BCUT2D eigenvalue weighted by molar-refractivity contribution is -0.145. The van der Waals surface area contributed by atoms with Gasteiger partial charge in [0.05, 0.1) is 12.2 Å². The number of benzene rings is 2. The van der Waals surface area contributed by atoms with E-state index in [0.717, 1.165) is 46.4 Å². The van der Waals surface area contributed by atoms with Crippen LogP contribution in [-0.4, -0.2) is 24.9 Å². The van der Waals surface area contributed by atoms with Gasteiger partial charge in [-0.05, 0) is 85.7 Å². The zero-order valence-electron chi connectivity index (χ0n) is 18.9. The van der Waals surface area contributed by atoms with Gasteiger partial charge in [-0.1, -0.05) is 13.0 Å². The minimum Gasteiger partial charge on any atom is -0.482 e. The topological polar surface area (TPSA) is 35.5 Å². The van der Waals surface area contributed by atoms with Crippen molar-refractivity contribution in [3.63, 3.8) is 0 Å². The molecular formula is C25H27F3O3S2. The molecule has 0 aliphatic carbocycles. The molecule has 0 bridgehead atoms. The Morgan fingerprint density at radius 3 is 2.58 bits per heavy atom. The van der Waals surface area contributed by atoms with Crippen molar-refractivity contribution in [1.82, 2.24) is 0 Å². The molecule has 0 atom stereocenters. The number of rotatable bonds is 10. The number of thiophene rings is 1. The third-order valence-corrected chi connectivity index (χ3v) is 7.51. The summed E-state index contributed by atoms with van der Waals surface area (Å²) in [4.78, 5) is 13.7. The molecule has 0 aliphatic rings. The molecule has 1 aromatic heterocycles. The van der Waals surface area contributed by atoms with E-state index in [1.165, 1.54) is 28.3 Å². The van der Waals surface area contributed by atoms with Crippen LogP contribution in [0.15, 0.2) is 41.3 Å². The number of esters is 1. The van der Waals surface area contributed by atoms with Crippen LogP contribution in [0.2, 0.25) is 0 Å². The van der Waals surface area contributed by atoms with Gasteiger partial charge in [-0.3, -0.25) is 0 Å². The number of aryl methyl sites for hydroxylation is 3. The fraction of sp³-hybridized carbons (Fsp3) is 0.400. The molecule has 2 aromatic carbocycles. The molecule has 178 valence electrons. The van der Waals surface area contributed by atoms with Crippen LogP contribution < -0.4 is 4.74 Å². The molecule has 3 aromatic rings. The Bertz CT molecular complexity index is 1110. The highest BCUT2D eigenvalue weighted by molar-refractivity contribution is 7.99. The normalized spacial score (nSPS) is 11.7. The molecular weight excluding hydrogens is 469 g/mol. The van der Waals surface area contributed by atoms with Crippen molar-refractivity contribution in [2.24, 2.45) is 0 Å². The highest BCUT2D eigenvalue weighted by atomic mass is 32.2. The maximum atomic E-state index is 13.1. The second kappa shape index (κ2) is 11.3. The number of ether oxygens (including phenoxy) is 2. The summed E-state index contributed by atoms with van der Waals surface area (Å²) in [5, 5.41) is 0.937. The second-order valence-electron chi connectivity index (χ2n) is 7.54. The van der Waals surface area contributed by atoms with Crippen molar-refractivity contribution in [3.8, 4) is 5.75 Å². The molecule has 0 unspecified atom stereocenters. The number of alkyl halides is 3. The Kier molecular flexibility index (Phi) is 8.70. The van der Waals surface area contributed by atoms with Gasteiger partial charge in [0, 0.05) is 14.5 Å². The standard InChI is InChI=1S/C25H27F3O3S2/c1-4-19-20-10-8-17(25(26,27)28)14-23(20)33-22(19)7-6-12-32-18-9-11-21(16(3)13-18)31-15-24(29)30-5-2/h8-11,13-14H,4-7,12,15H2,1-3H3. The summed E-state index contributed by atoms with van der Waals surface area (Å²) in [6, 6.07) is 9.91. The molecule has 0 saturated heterocycles. The van der Waals surface area contributed by atoms with E-state index in [0.29, 0.717) is 17.1 Å². The largest absolute Gasteiger partial charge is 0.482 e. The first kappa shape index (κ1) is 25.4. The SMILES string of the molecule is CCOC(=O)COc1ccc(SCCCc2sc3cc(C(F)(F)F)ccc3c2CC)cc1C. The summed E-state index contributed by atoms with van der Waals surface area (Å²) in [5.41, 5.74) is 1.52. The Morgan fingerprint density at radius 1 is 1.12 bits per heavy atom. The number of thioether (sulfide) groups is 1. The highest BCUT2D eigenvalue weighted by Crippen LogP contribution is 2.38. The summed E-state index contributed by atoms with van der Waals surface area (Å²) >= 11 is 3.21. The van der Waals surface area contributed by atoms with Gasteiger partial charge in [-0.15, -0.1) is 23.1 Å². The molecule has 1 heterocycles. The molecule has 0 aliphatic heterocycles. The van der Waals surface area contributed by atoms with Gasteiger partial charge < -0.3 is 9.47 Å². The monoisotopic (exact) mass is 496 g/mol. The molecule has 0 saturated carbocycles. The van der Waals surface area contributed by atoms with E-state index in [-0.39, 0.29) is 6.61 Å². The average molecular weight is 497 g/mol. The van der Waals surface area contributed by atoms with Gasteiger partial charge in [-0.25, -0.2) is 4.79 Å². The van der Waals surface area contributed by atoms with Crippen LogP contribution in [0.3, 0.4) is 0 Å². The van der Waals surface area contributed by atoms with Crippen molar-refractivity contribution in [1.29, 1.82) is 0 Å². The Hall–Kier alpha value is -2.19. The number of hydrogen-bond acceptors (Lipinski definition) is 5. The summed E-state index contributed by atoms with van der Waals surface area (Å²) in [5.74, 6) is 1.16. The van der Waals surface area contributed by atoms with Gasteiger partial charge in [0.2, 0.25) is 0 Å². The van der Waals surface area contributed by atoms with Gasteiger partial charge >= 0.3 is 12.1 Å². The quantitative estimate of drug-likeness (QED) is 0.166. The predicted octanol–water partition coefficient (Wildman–Crippen LogP) is 7.46. The van der Waals surface area contributed by atoms with Crippen molar-refractivity contribution in [2.45, 2.75) is 51.1 Å². The van der Waals surface area contributed by atoms with E-state index in [1.54, 1.807) is 24.8 Å². The fourth-order valence-corrected chi connectivity index (χ4v) is 5.93. The molecule has 0 amide bonds. The first-order chi connectivity index (χ1) is 15.7. The zero-order chi connectivity index (χ0) is 24.0. The average Bonchev–Trinajstić information content (AvgIpc) is 3.12. The smallest absolute Gasteiger partial charge is 0.416 e.